The van der Waals surface area contributed by atoms with Gasteiger partial charge in [0, 0.05) is 16.4 Å². The molecule has 1 aromatic heterocycles. The third kappa shape index (κ3) is 4.57. The van der Waals surface area contributed by atoms with E-state index in [0.29, 0.717) is 5.69 Å². The lowest BCUT2D eigenvalue weighted by Gasteiger charge is -2.32. The first-order chi connectivity index (χ1) is 16.7. The van der Waals surface area contributed by atoms with Crippen LogP contribution in [0.1, 0.15) is 61.3 Å². The lowest BCUT2D eigenvalue weighted by atomic mass is 9.72. The van der Waals surface area contributed by atoms with E-state index in [9.17, 15) is 5.11 Å². The molecule has 0 aliphatic rings. The van der Waals surface area contributed by atoms with E-state index in [-0.39, 0.29) is 11.2 Å². The Morgan fingerprint density at radius 2 is 1.37 bits per heavy atom. The number of allylic oxidation sites excluding steroid dienone is 2. The van der Waals surface area contributed by atoms with Crippen LogP contribution in [-0.4, -0.2) is 20.1 Å². The summed E-state index contributed by atoms with van der Waals surface area (Å²) in [7, 11) is 0. The van der Waals surface area contributed by atoms with Gasteiger partial charge in [-0.15, -0.1) is 9.90 Å². The summed E-state index contributed by atoms with van der Waals surface area (Å²) in [6.07, 6.45) is 5.41. The minimum absolute atomic E-state index is 0.181. The molecule has 0 bridgehead atoms. The van der Waals surface area contributed by atoms with Gasteiger partial charge in [-0.25, -0.2) is 0 Å². The number of benzene rings is 3. The van der Waals surface area contributed by atoms with Crippen molar-refractivity contribution >= 4 is 6.08 Å². The third-order valence-electron chi connectivity index (χ3n) is 6.90. The second kappa shape index (κ2) is 9.38. The summed E-state index contributed by atoms with van der Waals surface area (Å²) in [4.78, 5) is 1.54. The Hall–Kier alpha value is -3.92. The van der Waals surface area contributed by atoms with Gasteiger partial charge >= 0.3 is 0 Å². The molecule has 1 N–H and O–H groups in total. The summed E-state index contributed by atoms with van der Waals surface area (Å²) in [5.74, 6) is 0.181. The van der Waals surface area contributed by atoms with Gasteiger partial charge in [-0.05, 0) is 35.8 Å². The normalized spacial score (nSPS) is 12.3. The molecule has 0 amide bonds. The fourth-order valence-corrected chi connectivity index (χ4v) is 4.45. The van der Waals surface area contributed by atoms with Crippen LogP contribution in [0.5, 0.6) is 5.75 Å². The van der Waals surface area contributed by atoms with E-state index in [1.807, 2.05) is 49.4 Å². The van der Waals surface area contributed by atoms with Gasteiger partial charge in [0.1, 0.15) is 17.1 Å². The van der Waals surface area contributed by atoms with Crippen molar-refractivity contribution in [2.45, 2.75) is 45.4 Å². The first-order valence-electron chi connectivity index (χ1n) is 11.9. The van der Waals surface area contributed by atoms with Gasteiger partial charge in [0.2, 0.25) is 0 Å². The van der Waals surface area contributed by atoms with Gasteiger partial charge in [0.25, 0.3) is 0 Å². The summed E-state index contributed by atoms with van der Waals surface area (Å²) in [5.41, 5.74) is 5.55. The van der Waals surface area contributed by atoms with E-state index in [2.05, 4.69) is 86.9 Å². The van der Waals surface area contributed by atoms with Gasteiger partial charge in [-0.2, -0.15) is 5.10 Å². The maximum atomic E-state index is 11.6. The van der Waals surface area contributed by atoms with Crippen LogP contribution in [0.2, 0.25) is 0 Å². The molecule has 0 spiro atoms. The molecule has 4 aromatic rings. The Kier molecular flexibility index (Phi) is 6.49. The van der Waals surface area contributed by atoms with E-state index in [4.69, 9.17) is 0 Å². The van der Waals surface area contributed by atoms with E-state index in [0.717, 1.165) is 28.1 Å². The SMILES string of the molecule is C=C/C=C\c1nn(-c2cc(C(C)(C)c3ccccc3)cc(C(C)(C)c3ccccc3)c2O)nc1C. The fraction of sp³-hybridized carbons (Fsp3) is 0.226. The van der Waals surface area contributed by atoms with Crippen molar-refractivity contribution in [2.75, 3.05) is 0 Å². The molecule has 35 heavy (non-hydrogen) atoms. The second-order valence-electron chi connectivity index (χ2n) is 9.93. The Bertz CT molecular complexity index is 1360. The van der Waals surface area contributed by atoms with Crippen LogP contribution in [-0.2, 0) is 10.8 Å². The molecule has 0 aliphatic heterocycles. The Morgan fingerprint density at radius 1 is 0.800 bits per heavy atom. The van der Waals surface area contributed by atoms with E-state index in [1.54, 1.807) is 10.9 Å². The van der Waals surface area contributed by atoms with E-state index in [1.165, 1.54) is 5.56 Å². The predicted molar refractivity (Wildman–Crippen MR) is 144 cm³/mol. The lowest BCUT2D eigenvalue weighted by Crippen LogP contribution is -2.24. The Morgan fingerprint density at radius 3 is 1.94 bits per heavy atom. The van der Waals surface area contributed by atoms with Gasteiger partial charge in [0.05, 0.1) is 5.69 Å². The number of rotatable bonds is 7. The maximum Gasteiger partial charge on any atom is 0.147 e. The topological polar surface area (TPSA) is 50.9 Å². The molecule has 0 saturated heterocycles. The molecule has 0 fully saturated rings. The number of aromatic hydroxyl groups is 1. The minimum atomic E-state index is -0.448. The lowest BCUT2D eigenvalue weighted by molar-refractivity contribution is 0.444. The zero-order valence-electron chi connectivity index (χ0n) is 21.2. The van der Waals surface area contributed by atoms with E-state index >= 15 is 0 Å². The molecule has 0 atom stereocenters. The Balaban J connectivity index is 1.98. The molecule has 0 aliphatic carbocycles. The van der Waals surface area contributed by atoms with Crippen LogP contribution >= 0.6 is 0 Å². The molecule has 4 rings (SSSR count). The summed E-state index contributed by atoms with van der Waals surface area (Å²) >= 11 is 0. The number of aryl methyl sites for hydroxylation is 1. The molecular weight excluding hydrogens is 430 g/mol. The smallest absolute Gasteiger partial charge is 0.147 e. The second-order valence-corrected chi connectivity index (χ2v) is 9.93. The van der Waals surface area contributed by atoms with Crippen molar-refractivity contribution in [3.05, 3.63) is 125 Å². The van der Waals surface area contributed by atoms with E-state index < -0.39 is 5.41 Å². The van der Waals surface area contributed by atoms with Crippen molar-refractivity contribution in [1.82, 2.24) is 15.0 Å². The summed E-state index contributed by atoms with van der Waals surface area (Å²) in [6, 6.07) is 24.8. The van der Waals surface area contributed by atoms with Crippen molar-refractivity contribution < 1.29 is 5.11 Å². The molecule has 1 heterocycles. The number of phenolic OH excluding ortho intramolecular Hbond substituents is 1. The average molecular weight is 464 g/mol. The minimum Gasteiger partial charge on any atom is -0.505 e. The number of phenols is 1. The molecule has 4 nitrogen and oxygen atoms in total. The van der Waals surface area contributed by atoms with Crippen LogP contribution in [0, 0.1) is 6.92 Å². The standard InChI is InChI=1S/C31H33N3O/c1-7-8-19-27-22(2)32-34(33-27)28-21-25(30(3,4)23-15-11-9-12-16-23)20-26(29(28)35)31(5,6)24-17-13-10-14-18-24/h7-21,35H,1H2,2-6H3/b19-8-. The first-order valence-corrected chi connectivity index (χ1v) is 11.9. The van der Waals surface area contributed by atoms with Crippen LogP contribution in [0.3, 0.4) is 0 Å². The highest BCUT2D eigenvalue weighted by Gasteiger charge is 2.32. The highest BCUT2D eigenvalue weighted by molar-refractivity contribution is 5.60. The van der Waals surface area contributed by atoms with Crippen LogP contribution in [0.4, 0.5) is 0 Å². The molecular formula is C31H33N3O. The quantitative estimate of drug-likeness (QED) is 0.297. The number of aromatic nitrogens is 3. The van der Waals surface area contributed by atoms with Crippen molar-refractivity contribution in [2.24, 2.45) is 0 Å². The van der Waals surface area contributed by atoms with Gasteiger partial charge in [-0.3, -0.25) is 0 Å². The number of nitrogens with zero attached hydrogens (tertiary/aromatic N) is 3. The van der Waals surface area contributed by atoms with Gasteiger partial charge in [-0.1, -0.05) is 113 Å². The van der Waals surface area contributed by atoms with Crippen molar-refractivity contribution in [3.63, 3.8) is 0 Å². The largest absolute Gasteiger partial charge is 0.505 e. The first kappa shape index (κ1) is 24.2. The number of hydrogen-bond acceptors (Lipinski definition) is 3. The van der Waals surface area contributed by atoms with Crippen LogP contribution < -0.4 is 0 Å². The highest BCUT2D eigenvalue weighted by Crippen LogP contribution is 2.43. The zero-order chi connectivity index (χ0) is 25.2. The number of hydrogen-bond donors (Lipinski definition) is 1. The van der Waals surface area contributed by atoms with Crippen molar-refractivity contribution in [1.29, 1.82) is 0 Å². The van der Waals surface area contributed by atoms with Crippen LogP contribution in [0.25, 0.3) is 11.8 Å². The predicted octanol–water partition coefficient (Wildman–Crippen LogP) is 7.13. The summed E-state index contributed by atoms with van der Waals surface area (Å²) < 4.78 is 0. The third-order valence-corrected chi connectivity index (χ3v) is 6.90. The fourth-order valence-electron chi connectivity index (χ4n) is 4.45. The van der Waals surface area contributed by atoms with Crippen molar-refractivity contribution in [3.8, 4) is 11.4 Å². The molecule has 3 aromatic carbocycles. The highest BCUT2D eigenvalue weighted by atomic mass is 16.3. The van der Waals surface area contributed by atoms with Crippen LogP contribution in [0.15, 0.2) is 91.5 Å². The average Bonchev–Trinajstić information content (AvgIpc) is 3.23. The maximum absolute atomic E-state index is 11.6. The summed E-state index contributed by atoms with van der Waals surface area (Å²) in [6.45, 7) is 14.3. The molecule has 0 radical (unpaired) electrons. The zero-order valence-corrected chi connectivity index (χ0v) is 21.2. The molecule has 178 valence electrons. The molecule has 0 saturated carbocycles. The van der Waals surface area contributed by atoms with Gasteiger partial charge in [0.15, 0.2) is 0 Å². The Labute approximate surface area is 208 Å². The van der Waals surface area contributed by atoms with Gasteiger partial charge < -0.3 is 5.11 Å². The molecule has 4 heteroatoms. The summed E-state index contributed by atoms with van der Waals surface area (Å²) in [5, 5.41) is 21.0. The molecule has 0 unspecified atom stereocenters. The monoisotopic (exact) mass is 463 g/mol.